The monoisotopic (exact) mass is 366 g/mol. The van der Waals surface area contributed by atoms with Crippen LogP contribution in [0.25, 0.3) is 0 Å². The van der Waals surface area contributed by atoms with Crippen LogP contribution in [0.4, 0.5) is 0 Å². The standard InChI is InChI=1S/C21H22N2O4/c1-13-10-15(3)18(11-14(13)2)20(24)16(4)26-21(25)19-7-6-17(27-19)12-23-9-5-8-22-23/h5-11,16H,12H2,1-4H3. The van der Waals surface area contributed by atoms with Crippen LogP contribution in [0.3, 0.4) is 0 Å². The molecule has 0 aliphatic carbocycles. The molecule has 0 saturated carbocycles. The number of aromatic nitrogens is 2. The lowest BCUT2D eigenvalue weighted by molar-refractivity contribution is 0.0287. The van der Waals surface area contributed by atoms with E-state index in [-0.39, 0.29) is 11.5 Å². The molecular weight excluding hydrogens is 344 g/mol. The fourth-order valence-electron chi connectivity index (χ4n) is 2.84. The van der Waals surface area contributed by atoms with E-state index in [0.717, 1.165) is 16.7 Å². The Hall–Kier alpha value is -3.15. The number of rotatable bonds is 6. The minimum absolute atomic E-state index is 0.0635. The summed E-state index contributed by atoms with van der Waals surface area (Å²) in [6.07, 6.45) is 2.56. The van der Waals surface area contributed by atoms with Crippen molar-refractivity contribution in [1.82, 2.24) is 9.78 Å². The predicted octanol–water partition coefficient (Wildman–Crippen LogP) is 3.88. The van der Waals surface area contributed by atoms with Crippen molar-refractivity contribution in [2.24, 2.45) is 0 Å². The van der Waals surface area contributed by atoms with Gasteiger partial charge in [0.1, 0.15) is 5.76 Å². The van der Waals surface area contributed by atoms with Crippen molar-refractivity contribution in [3.8, 4) is 0 Å². The summed E-state index contributed by atoms with van der Waals surface area (Å²) in [6, 6.07) is 8.84. The summed E-state index contributed by atoms with van der Waals surface area (Å²) in [5.74, 6) is -0.250. The summed E-state index contributed by atoms with van der Waals surface area (Å²) < 4.78 is 12.5. The second-order valence-corrected chi connectivity index (χ2v) is 6.63. The molecule has 1 aromatic carbocycles. The fraction of sp³-hybridized carbons (Fsp3) is 0.286. The zero-order valence-corrected chi connectivity index (χ0v) is 15.9. The topological polar surface area (TPSA) is 74.3 Å². The van der Waals surface area contributed by atoms with E-state index in [0.29, 0.717) is 17.9 Å². The molecule has 6 nitrogen and oxygen atoms in total. The average molecular weight is 366 g/mol. The largest absolute Gasteiger partial charge is 0.452 e. The predicted molar refractivity (Wildman–Crippen MR) is 99.9 cm³/mol. The van der Waals surface area contributed by atoms with Gasteiger partial charge in [0, 0.05) is 18.0 Å². The van der Waals surface area contributed by atoms with Crippen LogP contribution in [0.15, 0.2) is 47.1 Å². The minimum Gasteiger partial charge on any atom is -0.452 e. The number of esters is 1. The molecule has 0 radical (unpaired) electrons. The molecular formula is C21H22N2O4. The number of carbonyl (C=O) groups excluding carboxylic acids is 2. The van der Waals surface area contributed by atoms with E-state index in [1.165, 1.54) is 0 Å². The molecule has 27 heavy (non-hydrogen) atoms. The van der Waals surface area contributed by atoms with E-state index in [1.807, 2.05) is 32.9 Å². The molecule has 0 aliphatic heterocycles. The zero-order chi connectivity index (χ0) is 19.6. The van der Waals surface area contributed by atoms with E-state index >= 15 is 0 Å². The first-order chi connectivity index (χ1) is 12.8. The molecule has 2 heterocycles. The number of aryl methyl sites for hydroxylation is 3. The molecule has 0 saturated heterocycles. The first kappa shape index (κ1) is 18.6. The van der Waals surface area contributed by atoms with Gasteiger partial charge in [-0.05, 0) is 68.7 Å². The van der Waals surface area contributed by atoms with Gasteiger partial charge in [0.25, 0.3) is 0 Å². The van der Waals surface area contributed by atoms with Gasteiger partial charge < -0.3 is 9.15 Å². The molecule has 140 valence electrons. The first-order valence-corrected chi connectivity index (χ1v) is 8.74. The molecule has 3 aromatic rings. The van der Waals surface area contributed by atoms with Crippen molar-refractivity contribution in [3.63, 3.8) is 0 Å². The minimum atomic E-state index is -0.905. The molecule has 0 N–H and O–H groups in total. The van der Waals surface area contributed by atoms with Gasteiger partial charge >= 0.3 is 5.97 Å². The number of benzene rings is 1. The zero-order valence-electron chi connectivity index (χ0n) is 15.9. The van der Waals surface area contributed by atoms with Crippen LogP contribution in [0, 0.1) is 20.8 Å². The maximum absolute atomic E-state index is 12.7. The Bertz CT molecular complexity index is 970. The van der Waals surface area contributed by atoms with E-state index < -0.39 is 12.1 Å². The van der Waals surface area contributed by atoms with Crippen LogP contribution in [-0.2, 0) is 11.3 Å². The summed E-state index contributed by atoms with van der Waals surface area (Å²) in [6.45, 7) is 7.81. The molecule has 1 unspecified atom stereocenters. The number of Topliss-reactive ketones (excluding diaryl/α,β-unsaturated/α-hetero) is 1. The lowest BCUT2D eigenvalue weighted by Gasteiger charge is -2.14. The van der Waals surface area contributed by atoms with Crippen molar-refractivity contribution < 1.29 is 18.7 Å². The van der Waals surface area contributed by atoms with Gasteiger partial charge in [-0.15, -0.1) is 0 Å². The van der Waals surface area contributed by atoms with Gasteiger partial charge in [-0.25, -0.2) is 4.79 Å². The summed E-state index contributed by atoms with van der Waals surface area (Å²) >= 11 is 0. The molecule has 3 rings (SSSR count). The second kappa shape index (κ2) is 7.61. The van der Waals surface area contributed by atoms with Crippen LogP contribution in [0.1, 0.15) is 50.3 Å². The highest BCUT2D eigenvalue weighted by Crippen LogP contribution is 2.19. The number of hydrogen-bond acceptors (Lipinski definition) is 5. The third-order valence-corrected chi connectivity index (χ3v) is 4.50. The highest BCUT2D eigenvalue weighted by Gasteiger charge is 2.24. The number of carbonyl (C=O) groups is 2. The summed E-state index contributed by atoms with van der Waals surface area (Å²) in [4.78, 5) is 25.0. The molecule has 0 aliphatic rings. The molecule has 1 atom stereocenters. The van der Waals surface area contributed by atoms with Crippen molar-refractivity contribution in [1.29, 1.82) is 0 Å². The maximum Gasteiger partial charge on any atom is 0.374 e. The Morgan fingerprint density at radius 2 is 1.89 bits per heavy atom. The smallest absolute Gasteiger partial charge is 0.374 e. The summed E-state index contributed by atoms with van der Waals surface area (Å²) in [5, 5.41) is 4.09. The van der Waals surface area contributed by atoms with Gasteiger partial charge in [-0.1, -0.05) is 6.07 Å². The molecule has 2 aromatic heterocycles. The van der Waals surface area contributed by atoms with Crippen molar-refractivity contribution >= 4 is 11.8 Å². The Morgan fingerprint density at radius 1 is 1.15 bits per heavy atom. The Labute approximate surface area is 157 Å². The molecule has 0 bridgehead atoms. The number of ketones is 1. The highest BCUT2D eigenvalue weighted by molar-refractivity contribution is 6.02. The number of ether oxygens (including phenoxy) is 1. The van der Waals surface area contributed by atoms with Crippen LogP contribution in [0.5, 0.6) is 0 Å². The Morgan fingerprint density at radius 3 is 2.59 bits per heavy atom. The van der Waals surface area contributed by atoms with Gasteiger partial charge in [-0.3, -0.25) is 9.48 Å². The highest BCUT2D eigenvalue weighted by atomic mass is 16.6. The van der Waals surface area contributed by atoms with Gasteiger partial charge in [-0.2, -0.15) is 5.10 Å². The Balaban J connectivity index is 1.68. The molecule has 0 fully saturated rings. The van der Waals surface area contributed by atoms with Crippen molar-refractivity contribution in [3.05, 3.63) is 76.5 Å². The second-order valence-electron chi connectivity index (χ2n) is 6.63. The van der Waals surface area contributed by atoms with Gasteiger partial charge in [0.15, 0.2) is 6.10 Å². The molecule has 0 spiro atoms. The maximum atomic E-state index is 12.7. The third-order valence-electron chi connectivity index (χ3n) is 4.50. The first-order valence-electron chi connectivity index (χ1n) is 8.74. The lowest BCUT2D eigenvalue weighted by Crippen LogP contribution is -2.25. The van der Waals surface area contributed by atoms with Gasteiger partial charge in [0.2, 0.25) is 11.5 Å². The van der Waals surface area contributed by atoms with Crippen LogP contribution in [-0.4, -0.2) is 27.6 Å². The quantitative estimate of drug-likeness (QED) is 0.489. The van der Waals surface area contributed by atoms with Crippen LogP contribution < -0.4 is 0 Å². The summed E-state index contributed by atoms with van der Waals surface area (Å²) in [7, 11) is 0. The average Bonchev–Trinajstić information content (AvgIpc) is 3.30. The number of nitrogens with zero attached hydrogens (tertiary/aromatic N) is 2. The summed E-state index contributed by atoms with van der Waals surface area (Å²) in [5.41, 5.74) is 3.58. The van der Waals surface area contributed by atoms with Crippen molar-refractivity contribution in [2.75, 3.05) is 0 Å². The third kappa shape index (κ3) is 4.16. The number of furan rings is 1. The normalized spacial score (nSPS) is 12.0. The fourth-order valence-corrected chi connectivity index (χ4v) is 2.84. The van der Waals surface area contributed by atoms with Crippen LogP contribution in [0.2, 0.25) is 0 Å². The molecule has 0 amide bonds. The van der Waals surface area contributed by atoms with E-state index in [1.54, 1.807) is 42.2 Å². The van der Waals surface area contributed by atoms with Gasteiger partial charge in [0.05, 0.1) is 6.54 Å². The van der Waals surface area contributed by atoms with E-state index in [9.17, 15) is 9.59 Å². The Kier molecular flexibility index (Phi) is 5.26. The lowest BCUT2D eigenvalue weighted by atomic mass is 9.96. The van der Waals surface area contributed by atoms with Crippen molar-refractivity contribution in [2.45, 2.75) is 40.3 Å². The molecule has 6 heteroatoms. The SMILES string of the molecule is Cc1cc(C)c(C(=O)C(C)OC(=O)c2ccc(Cn3cccn3)o2)cc1C. The van der Waals surface area contributed by atoms with E-state index in [4.69, 9.17) is 9.15 Å². The van der Waals surface area contributed by atoms with Crippen LogP contribution >= 0.6 is 0 Å². The number of hydrogen-bond donors (Lipinski definition) is 0. The van der Waals surface area contributed by atoms with E-state index in [2.05, 4.69) is 5.10 Å².